The van der Waals surface area contributed by atoms with E-state index in [4.69, 9.17) is 0 Å². The molecule has 1 heterocycles. The van der Waals surface area contributed by atoms with Crippen molar-refractivity contribution < 1.29 is 9.18 Å². The molecule has 1 aliphatic heterocycles. The summed E-state index contributed by atoms with van der Waals surface area (Å²) in [7, 11) is 0. The lowest BCUT2D eigenvalue weighted by Crippen LogP contribution is -2.37. The Morgan fingerprint density at radius 2 is 2.11 bits per heavy atom. The quantitative estimate of drug-likeness (QED) is 0.849. The zero-order valence-corrected chi connectivity index (χ0v) is 10.2. The van der Waals surface area contributed by atoms with Crippen LogP contribution in [0.5, 0.6) is 0 Å². The average molecular weight is 248 g/mol. The molecule has 3 atom stereocenters. The van der Waals surface area contributed by atoms with Crippen molar-refractivity contribution in [1.29, 1.82) is 0 Å². The van der Waals surface area contributed by atoms with E-state index in [0.29, 0.717) is 0 Å². The van der Waals surface area contributed by atoms with E-state index in [1.807, 2.05) is 0 Å². The van der Waals surface area contributed by atoms with Gasteiger partial charge < -0.3 is 10.6 Å². The minimum absolute atomic E-state index is 0.0797. The molecule has 4 heteroatoms. The van der Waals surface area contributed by atoms with E-state index in [1.54, 1.807) is 12.1 Å². The molecule has 0 bridgehead atoms. The molecule has 1 saturated carbocycles. The number of benzene rings is 1. The molecule has 18 heavy (non-hydrogen) atoms. The van der Waals surface area contributed by atoms with E-state index in [2.05, 4.69) is 10.6 Å². The van der Waals surface area contributed by atoms with E-state index >= 15 is 0 Å². The molecule has 1 amide bonds. The van der Waals surface area contributed by atoms with Crippen molar-refractivity contribution in [2.75, 3.05) is 13.1 Å². The highest BCUT2D eigenvalue weighted by molar-refractivity contribution is 5.83. The molecular formula is C14H17FN2O. The summed E-state index contributed by atoms with van der Waals surface area (Å²) in [6.07, 6.45) is 1.90. The third-order valence-corrected chi connectivity index (χ3v) is 3.83. The van der Waals surface area contributed by atoms with Gasteiger partial charge >= 0.3 is 0 Å². The first-order chi connectivity index (χ1) is 8.74. The minimum atomic E-state index is -0.225. The molecule has 1 aromatic carbocycles. The predicted octanol–water partition coefficient (Wildman–Crippen LogP) is 1.41. The number of amides is 1. The Labute approximate surface area is 106 Å². The second-order valence-electron chi connectivity index (χ2n) is 5.20. The molecule has 2 N–H and O–H groups in total. The highest BCUT2D eigenvalue weighted by Crippen LogP contribution is 2.47. The monoisotopic (exact) mass is 248 g/mol. The summed E-state index contributed by atoms with van der Waals surface area (Å²) >= 11 is 0. The van der Waals surface area contributed by atoms with Crippen molar-refractivity contribution in [3.63, 3.8) is 0 Å². The van der Waals surface area contributed by atoms with Gasteiger partial charge in [0.15, 0.2) is 0 Å². The maximum atomic E-state index is 12.8. The van der Waals surface area contributed by atoms with Gasteiger partial charge in [-0.05, 0) is 43.0 Å². The van der Waals surface area contributed by atoms with Crippen molar-refractivity contribution in [3.8, 4) is 0 Å². The molecule has 3 nitrogen and oxygen atoms in total. The smallest absolute Gasteiger partial charge is 0.224 e. The fraction of sp³-hybridized carbons (Fsp3) is 0.500. The first-order valence-corrected chi connectivity index (χ1v) is 6.50. The summed E-state index contributed by atoms with van der Waals surface area (Å²) in [6.45, 7) is 1.86. The van der Waals surface area contributed by atoms with Crippen LogP contribution in [0.25, 0.3) is 0 Å². The van der Waals surface area contributed by atoms with E-state index in [9.17, 15) is 9.18 Å². The van der Waals surface area contributed by atoms with Gasteiger partial charge in [0, 0.05) is 18.5 Å². The number of hydrogen-bond donors (Lipinski definition) is 2. The van der Waals surface area contributed by atoms with Crippen molar-refractivity contribution in [1.82, 2.24) is 10.6 Å². The first-order valence-electron chi connectivity index (χ1n) is 6.50. The number of rotatable bonds is 3. The topological polar surface area (TPSA) is 41.1 Å². The zero-order valence-electron chi connectivity index (χ0n) is 10.2. The number of carbonyl (C=O) groups excluding carboxylic acids is 1. The standard InChI is InChI=1S/C14H17FN2O/c15-10-3-1-9(2-4-10)12-7-13(12)14(18)17-11-5-6-16-8-11/h1-4,11-13,16H,5-8H2,(H,17,18). The lowest BCUT2D eigenvalue weighted by molar-refractivity contribution is -0.123. The van der Waals surface area contributed by atoms with Crippen LogP contribution in [0, 0.1) is 11.7 Å². The molecule has 0 spiro atoms. The maximum absolute atomic E-state index is 12.8. The van der Waals surface area contributed by atoms with Crippen molar-refractivity contribution in [3.05, 3.63) is 35.6 Å². The SMILES string of the molecule is O=C(NC1CCNC1)C1CC1c1ccc(F)cc1. The summed E-state index contributed by atoms with van der Waals surface area (Å²) in [5.74, 6) is 0.284. The van der Waals surface area contributed by atoms with Crippen molar-refractivity contribution in [2.24, 2.45) is 5.92 Å². The molecule has 0 aromatic heterocycles. The van der Waals surface area contributed by atoms with E-state index in [-0.39, 0.29) is 29.6 Å². The molecule has 3 unspecified atom stereocenters. The highest BCUT2D eigenvalue weighted by atomic mass is 19.1. The van der Waals surface area contributed by atoms with E-state index in [1.165, 1.54) is 12.1 Å². The number of nitrogens with one attached hydrogen (secondary N) is 2. The lowest BCUT2D eigenvalue weighted by Gasteiger charge is -2.11. The summed E-state index contributed by atoms with van der Waals surface area (Å²) in [5, 5.41) is 6.31. The molecule has 1 aromatic rings. The van der Waals surface area contributed by atoms with E-state index in [0.717, 1.165) is 31.5 Å². The molecule has 1 aliphatic carbocycles. The van der Waals surface area contributed by atoms with Gasteiger partial charge in [0.05, 0.1) is 0 Å². The van der Waals surface area contributed by atoms with Crippen LogP contribution in [-0.2, 0) is 4.79 Å². The van der Waals surface area contributed by atoms with Crippen LogP contribution in [0.1, 0.15) is 24.3 Å². The fourth-order valence-corrected chi connectivity index (χ4v) is 2.65. The summed E-state index contributed by atoms with van der Waals surface area (Å²) in [4.78, 5) is 12.0. The first kappa shape index (κ1) is 11.7. The molecule has 0 radical (unpaired) electrons. The van der Waals surface area contributed by atoms with Crippen molar-refractivity contribution >= 4 is 5.91 Å². The molecule has 2 aliphatic rings. The van der Waals surface area contributed by atoms with Gasteiger partial charge in [-0.1, -0.05) is 12.1 Å². The van der Waals surface area contributed by atoms with Gasteiger partial charge in [0.1, 0.15) is 5.82 Å². The normalized spacial score (nSPS) is 30.2. The van der Waals surface area contributed by atoms with E-state index < -0.39 is 0 Å². The Hall–Kier alpha value is -1.42. The van der Waals surface area contributed by atoms with Crippen LogP contribution in [0.15, 0.2) is 24.3 Å². The average Bonchev–Trinajstić information content (AvgIpc) is 3.01. The van der Waals surface area contributed by atoms with Gasteiger partial charge in [-0.15, -0.1) is 0 Å². The molecule has 1 saturated heterocycles. The fourth-order valence-electron chi connectivity index (χ4n) is 2.65. The Balaban J connectivity index is 1.56. The predicted molar refractivity (Wildman–Crippen MR) is 66.7 cm³/mol. The highest BCUT2D eigenvalue weighted by Gasteiger charge is 2.44. The van der Waals surface area contributed by atoms with Gasteiger partial charge in [-0.3, -0.25) is 4.79 Å². The van der Waals surface area contributed by atoms with Gasteiger partial charge in [-0.2, -0.15) is 0 Å². The molecular weight excluding hydrogens is 231 g/mol. The van der Waals surface area contributed by atoms with Crippen LogP contribution in [0.2, 0.25) is 0 Å². The zero-order chi connectivity index (χ0) is 12.5. The Kier molecular flexibility index (Phi) is 3.04. The van der Waals surface area contributed by atoms with Crippen LogP contribution >= 0.6 is 0 Å². The van der Waals surface area contributed by atoms with Gasteiger partial charge in [-0.25, -0.2) is 4.39 Å². The minimum Gasteiger partial charge on any atom is -0.352 e. The van der Waals surface area contributed by atoms with Gasteiger partial charge in [0.2, 0.25) is 5.91 Å². The third-order valence-electron chi connectivity index (χ3n) is 3.83. The summed E-state index contributed by atoms with van der Waals surface area (Å²) < 4.78 is 12.8. The second kappa shape index (κ2) is 4.69. The van der Waals surface area contributed by atoms with Crippen LogP contribution in [0.3, 0.4) is 0 Å². The largest absolute Gasteiger partial charge is 0.352 e. The number of carbonyl (C=O) groups is 1. The molecule has 3 rings (SSSR count). The Morgan fingerprint density at radius 3 is 2.78 bits per heavy atom. The lowest BCUT2D eigenvalue weighted by atomic mass is 10.1. The maximum Gasteiger partial charge on any atom is 0.224 e. The number of hydrogen-bond acceptors (Lipinski definition) is 2. The van der Waals surface area contributed by atoms with Crippen LogP contribution in [0.4, 0.5) is 4.39 Å². The molecule has 96 valence electrons. The van der Waals surface area contributed by atoms with Crippen molar-refractivity contribution in [2.45, 2.75) is 24.8 Å². The van der Waals surface area contributed by atoms with Crippen LogP contribution in [-0.4, -0.2) is 25.0 Å². The second-order valence-corrected chi connectivity index (χ2v) is 5.20. The number of halogens is 1. The molecule has 2 fully saturated rings. The Morgan fingerprint density at radius 1 is 1.33 bits per heavy atom. The summed E-state index contributed by atoms with van der Waals surface area (Å²) in [5.41, 5.74) is 1.07. The van der Waals surface area contributed by atoms with Crippen LogP contribution < -0.4 is 10.6 Å². The third kappa shape index (κ3) is 2.38. The summed E-state index contributed by atoms with van der Waals surface area (Å²) in [6, 6.07) is 6.77. The Bertz CT molecular complexity index is 440. The van der Waals surface area contributed by atoms with Gasteiger partial charge in [0.25, 0.3) is 0 Å².